The van der Waals surface area contributed by atoms with Crippen LogP contribution in [-0.4, -0.2) is 51.6 Å². The van der Waals surface area contributed by atoms with Crippen molar-refractivity contribution in [2.24, 2.45) is 0 Å². The molecular formula is C27H19ClF2N4O4S. The van der Waals surface area contributed by atoms with Gasteiger partial charge in [0, 0.05) is 6.54 Å². The molecule has 1 atom stereocenters. The van der Waals surface area contributed by atoms with E-state index >= 15 is 0 Å². The number of halogens is 3. The van der Waals surface area contributed by atoms with E-state index in [4.69, 9.17) is 16.3 Å². The van der Waals surface area contributed by atoms with E-state index in [0.29, 0.717) is 44.9 Å². The highest BCUT2D eigenvalue weighted by molar-refractivity contribution is 7.16. The lowest BCUT2D eigenvalue weighted by atomic mass is 10.0. The molecule has 0 aliphatic carbocycles. The summed E-state index contributed by atoms with van der Waals surface area (Å²) >= 11 is 7.47. The lowest BCUT2D eigenvalue weighted by molar-refractivity contribution is 0.0629. The van der Waals surface area contributed by atoms with E-state index < -0.39 is 35.4 Å². The number of fused-ring (bicyclic) bond motifs is 4. The number of carbonyl (C=O) groups is 3. The van der Waals surface area contributed by atoms with E-state index in [1.165, 1.54) is 12.3 Å². The molecule has 2 aromatic heterocycles. The molecule has 0 saturated heterocycles. The fourth-order valence-electron chi connectivity index (χ4n) is 4.78. The van der Waals surface area contributed by atoms with Gasteiger partial charge >= 0.3 is 0 Å². The molecule has 1 N–H and O–H groups in total. The number of rotatable bonds is 6. The van der Waals surface area contributed by atoms with Crippen LogP contribution in [0.1, 0.15) is 36.0 Å². The Morgan fingerprint density at radius 2 is 1.82 bits per heavy atom. The average Bonchev–Trinajstić information content (AvgIpc) is 3.53. The standard InChI is InChI=1S/C27H19ClF2N4O4S/c28-19-12-31-34-7-8-38-27-18(23(19)34)11-22(39-27)24(35)32-15(9-14-5-6-20(29)21(30)10-14)13-33-25(36)16-3-1-2-4-17(16)26(33)37/h1-6,10-12,15H,7-9,13H2,(H,32,35)/t15-/m0/s1. The second-order valence-corrected chi connectivity index (χ2v) is 10.5. The molecular weight excluding hydrogens is 550 g/mol. The van der Waals surface area contributed by atoms with E-state index in [9.17, 15) is 23.2 Å². The van der Waals surface area contributed by atoms with Gasteiger partial charge in [0.15, 0.2) is 16.7 Å². The Labute approximate surface area is 229 Å². The number of ether oxygens (including phenoxy) is 1. The van der Waals surface area contributed by atoms with Crippen LogP contribution in [0.25, 0.3) is 11.3 Å². The predicted molar refractivity (Wildman–Crippen MR) is 139 cm³/mol. The summed E-state index contributed by atoms with van der Waals surface area (Å²) in [5.41, 5.74) is 2.20. The smallest absolute Gasteiger partial charge is 0.261 e. The van der Waals surface area contributed by atoms with Gasteiger partial charge in [0.2, 0.25) is 0 Å². The van der Waals surface area contributed by atoms with Gasteiger partial charge in [-0.15, -0.1) is 0 Å². The van der Waals surface area contributed by atoms with Crippen molar-refractivity contribution in [2.75, 3.05) is 13.2 Å². The Hall–Kier alpha value is -4.09. The normalized spacial score (nSPS) is 14.8. The molecule has 0 bridgehead atoms. The molecule has 0 unspecified atom stereocenters. The van der Waals surface area contributed by atoms with Gasteiger partial charge in [-0.3, -0.25) is 24.0 Å². The zero-order valence-electron chi connectivity index (χ0n) is 20.1. The van der Waals surface area contributed by atoms with Gasteiger partial charge in [-0.05, 0) is 42.3 Å². The maximum absolute atomic E-state index is 13.9. The molecule has 0 radical (unpaired) electrons. The fourth-order valence-corrected chi connectivity index (χ4v) is 5.96. The van der Waals surface area contributed by atoms with Gasteiger partial charge in [0.25, 0.3) is 17.7 Å². The van der Waals surface area contributed by atoms with Crippen LogP contribution in [0, 0.1) is 11.6 Å². The van der Waals surface area contributed by atoms with Crippen molar-refractivity contribution < 1.29 is 27.9 Å². The van der Waals surface area contributed by atoms with Gasteiger partial charge in [-0.25, -0.2) is 8.78 Å². The number of imide groups is 1. The second kappa shape index (κ2) is 9.90. The average molecular weight is 569 g/mol. The van der Waals surface area contributed by atoms with Crippen LogP contribution >= 0.6 is 22.9 Å². The predicted octanol–water partition coefficient (Wildman–Crippen LogP) is 4.57. The number of hydrogen-bond acceptors (Lipinski definition) is 6. The molecule has 198 valence electrons. The Kier molecular flexibility index (Phi) is 6.40. The van der Waals surface area contributed by atoms with Crippen molar-refractivity contribution in [1.29, 1.82) is 0 Å². The number of carbonyl (C=O) groups excluding carboxylic acids is 3. The quantitative estimate of drug-likeness (QED) is 0.344. The van der Waals surface area contributed by atoms with Crippen LogP contribution < -0.4 is 10.1 Å². The summed E-state index contributed by atoms with van der Waals surface area (Å²) in [5.74, 6) is -3.50. The highest BCUT2D eigenvalue weighted by Gasteiger charge is 2.37. The summed E-state index contributed by atoms with van der Waals surface area (Å²) in [5, 5.41) is 8.05. The van der Waals surface area contributed by atoms with Crippen molar-refractivity contribution in [3.05, 3.63) is 93.0 Å². The summed E-state index contributed by atoms with van der Waals surface area (Å²) in [6, 6.07) is 10.7. The van der Waals surface area contributed by atoms with Crippen molar-refractivity contribution >= 4 is 40.7 Å². The highest BCUT2D eigenvalue weighted by atomic mass is 35.5. The van der Waals surface area contributed by atoms with Gasteiger partial charge in [0.05, 0.1) is 51.1 Å². The molecule has 4 heterocycles. The van der Waals surface area contributed by atoms with E-state index in [1.807, 2.05) is 0 Å². The molecule has 2 aliphatic rings. The van der Waals surface area contributed by atoms with Crippen molar-refractivity contribution in [3.63, 3.8) is 0 Å². The summed E-state index contributed by atoms with van der Waals surface area (Å²) in [6.45, 7) is 0.677. The van der Waals surface area contributed by atoms with Crippen LogP contribution in [0.5, 0.6) is 5.06 Å². The van der Waals surface area contributed by atoms with Crippen molar-refractivity contribution in [2.45, 2.75) is 19.0 Å². The van der Waals surface area contributed by atoms with Crippen LogP contribution in [0.15, 0.2) is 54.7 Å². The molecule has 12 heteroatoms. The molecule has 0 fully saturated rings. The summed E-state index contributed by atoms with van der Waals surface area (Å²) in [4.78, 5) is 40.8. The first-order chi connectivity index (χ1) is 18.8. The number of aromatic nitrogens is 2. The van der Waals surface area contributed by atoms with E-state index in [0.717, 1.165) is 28.4 Å². The molecule has 0 spiro atoms. The monoisotopic (exact) mass is 568 g/mol. The molecule has 4 aromatic rings. The first-order valence-electron chi connectivity index (χ1n) is 12.0. The summed E-state index contributed by atoms with van der Waals surface area (Å²) in [6.07, 6.45) is 1.57. The van der Waals surface area contributed by atoms with Crippen LogP contribution in [0.4, 0.5) is 8.78 Å². The van der Waals surface area contributed by atoms with Crippen molar-refractivity contribution in [3.8, 4) is 16.3 Å². The topological polar surface area (TPSA) is 93.5 Å². The van der Waals surface area contributed by atoms with Crippen molar-refractivity contribution in [1.82, 2.24) is 20.0 Å². The molecule has 6 rings (SSSR count). The number of nitrogens with one attached hydrogen (secondary N) is 1. The maximum Gasteiger partial charge on any atom is 0.261 e. The number of benzene rings is 2. The summed E-state index contributed by atoms with van der Waals surface area (Å²) < 4.78 is 35.0. The van der Waals surface area contributed by atoms with Crippen LogP contribution in [-0.2, 0) is 13.0 Å². The lowest BCUT2D eigenvalue weighted by Gasteiger charge is -2.24. The minimum Gasteiger partial charge on any atom is -0.481 e. The Balaban J connectivity index is 1.29. The van der Waals surface area contributed by atoms with Crippen LogP contribution in [0.3, 0.4) is 0 Å². The van der Waals surface area contributed by atoms with E-state index in [-0.39, 0.29) is 24.1 Å². The number of nitrogens with zero attached hydrogens (tertiary/aromatic N) is 3. The van der Waals surface area contributed by atoms with Gasteiger partial charge < -0.3 is 10.1 Å². The SMILES string of the molecule is O=C(N[C@@H](Cc1ccc(F)c(F)c1)CN1C(=O)c2ccccc2C1=O)c1cc2c(s1)OCCn1ncc(Cl)c1-2. The molecule has 2 aliphatic heterocycles. The molecule has 3 amide bonds. The van der Waals surface area contributed by atoms with E-state index in [1.54, 1.807) is 35.0 Å². The third-order valence-electron chi connectivity index (χ3n) is 6.59. The minimum atomic E-state index is -1.04. The summed E-state index contributed by atoms with van der Waals surface area (Å²) in [7, 11) is 0. The van der Waals surface area contributed by atoms with Gasteiger partial charge in [0.1, 0.15) is 6.61 Å². The Morgan fingerprint density at radius 3 is 2.54 bits per heavy atom. The highest BCUT2D eigenvalue weighted by Crippen LogP contribution is 2.42. The third kappa shape index (κ3) is 4.57. The molecule has 39 heavy (non-hydrogen) atoms. The zero-order chi connectivity index (χ0) is 27.3. The third-order valence-corrected chi connectivity index (χ3v) is 7.91. The number of amides is 3. The van der Waals surface area contributed by atoms with E-state index in [2.05, 4.69) is 10.4 Å². The minimum absolute atomic E-state index is 0.0382. The Bertz CT molecular complexity index is 1620. The fraction of sp³-hybridized carbons (Fsp3) is 0.185. The largest absolute Gasteiger partial charge is 0.481 e. The first kappa shape index (κ1) is 25.2. The molecule has 2 aromatic carbocycles. The molecule has 0 saturated carbocycles. The van der Waals surface area contributed by atoms with Gasteiger partial charge in [-0.1, -0.05) is 41.1 Å². The number of thiophene rings is 1. The lowest BCUT2D eigenvalue weighted by Crippen LogP contribution is -2.46. The Morgan fingerprint density at radius 1 is 1.08 bits per heavy atom. The zero-order valence-corrected chi connectivity index (χ0v) is 21.7. The van der Waals surface area contributed by atoms with Crippen LogP contribution in [0.2, 0.25) is 5.02 Å². The number of hydrogen-bond donors (Lipinski definition) is 1. The molecule has 8 nitrogen and oxygen atoms in total. The van der Waals surface area contributed by atoms with Gasteiger partial charge in [-0.2, -0.15) is 5.10 Å². The first-order valence-corrected chi connectivity index (χ1v) is 13.2. The second-order valence-electron chi connectivity index (χ2n) is 9.11. The maximum atomic E-state index is 13.9.